The topological polar surface area (TPSA) is 89.9 Å². The Balaban J connectivity index is 1.24. The number of carbonyl (C=O) groups is 1. The maximum Gasteiger partial charge on any atom is 0.226 e. The van der Waals surface area contributed by atoms with Gasteiger partial charge in [-0.05, 0) is 18.9 Å². The molecule has 2 aromatic rings. The molecule has 32 heavy (non-hydrogen) atoms. The van der Waals surface area contributed by atoms with Crippen molar-refractivity contribution >= 4 is 11.6 Å². The van der Waals surface area contributed by atoms with E-state index in [-0.39, 0.29) is 24.0 Å². The molecule has 4 heterocycles. The average Bonchev–Trinajstić information content (AvgIpc) is 3.27. The molecule has 0 bridgehead atoms. The molecule has 0 aromatic carbocycles. The summed E-state index contributed by atoms with van der Waals surface area (Å²) in [6.45, 7) is 2.86. The molecule has 170 valence electrons. The lowest BCUT2D eigenvalue weighted by molar-refractivity contribution is -0.142. The molecule has 2 aliphatic heterocycles. The molecule has 1 atom stereocenters. The van der Waals surface area contributed by atoms with Crippen molar-refractivity contribution in [2.24, 2.45) is 5.92 Å². The Bertz CT molecular complexity index is 963. The van der Waals surface area contributed by atoms with Crippen molar-refractivity contribution in [1.29, 1.82) is 0 Å². The maximum atomic E-state index is 12.7. The van der Waals surface area contributed by atoms with Gasteiger partial charge in [-0.25, -0.2) is 15.0 Å². The van der Waals surface area contributed by atoms with E-state index in [1.807, 2.05) is 23.2 Å². The Labute approximate surface area is 187 Å². The molecule has 5 rings (SSSR count). The van der Waals surface area contributed by atoms with Gasteiger partial charge in [-0.15, -0.1) is 0 Å². The minimum Gasteiger partial charge on any atom is -0.481 e. The van der Waals surface area contributed by atoms with Crippen LogP contribution in [0.4, 0.5) is 5.69 Å². The van der Waals surface area contributed by atoms with Crippen LogP contribution in [0.3, 0.4) is 0 Å². The molecule has 2 aromatic heterocycles. The summed E-state index contributed by atoms with van der Waals surface area (Å²) < 4.78 is 16.8. The van der Waals surface area contributed by atoms with E-state index in [0.717, 1.165) is 55.7 Å². The summed E-state index contributed by atoms with van der Waals surface area (Å²) in [5.41, 5.74) is 3.07. The molecule has 9 heteroatoms. The minimum absolute atomic E-state index is 0.0470. The average molecular weight is 440 g/mol. The standard InChI is InChI=1S/C23H29N5O4/c1-30-18-9-15(10-18)23(29)28-7-5-17(12-28)32-22-19-13-27(8-6-20(19)25-14-26-22)16-3-4-21(31-2)24-11-16/h3-4,11,14-15,17-18H,5-10,12-13H2,1-2H3. The van der Waals surface area contributed by atoms with Crippen molar-refractivity contribution in [2.45, 2.75) is 44.4 Å². The van der Waals surface area contributed by atoms with Crippen LogP contribution in [0.5, 0.6) is 11.8 Å². The Kier molecular flexibility index (Phi) is 5.82. The quantitative estimate of drug-likeness (QED) is 0.674. The van der Waals surface area contributed by atoms with Crippen molar-refractivity contribution < 1.29 is 19.0 Å². The van der Waals surface area contributed by atoms with Crippen LogP contribution in [-0.4, -0.2) is 71.8 Å². The fourth-order valence-corrected chi connectivity index (χ4v) is 4.72. The number of anilines is 1. The van der Waals surface area contributed by atoms with E-state index in [4.69, 9.17) is 14.2 Å². The van der Waals surface area contributed by atoms with Gasteiger partial charge in [0.2, 0.25) is 17.7 Å². The first-order valence-corrected chi connectivity index (χ1v) is 11.2. The third-order valence-corrected chi connectivity index (χ3v) is 6.77. The highest BCUT2D eigenvalue weighted by atomic mass is 16.5. The van der Waals surface area contributed by atoms with E-state index in [1.165, 1.54) is 0 Å². The number of aromatic nitrogens is 3. The van der Waals surface area contributed by atoms with Crippen LogP contribution in [0.1, 0.15) is 30.5 Å². The van der Waals surface area contributed by atoms with E-state index < -0.39 is 0 Å². The summed E-state index contributed by atoms with van der Waals surface area (Å²) in [6, 6.07) is 3.88. The maximum absolute atomic E-state index is 12.7. The Morgan fingerprint density at radius 1 is 1.09 bits per heavy atom. The van der Waals surface area contributed by atoms with Gasteiger partial charge >= 0.3 is 0 Å². The van der Waals surface area contributed by atoms with Crippen molar-refractivity contribution in [3.05, 3.63) is 35.9 Å². The zero-order valence-corrected chi connectivity index (χ0v) is 18.6. The number of nitrogens with zero attached hydrogens (tertiary/aromatic N) is 5. The summed E-state index contributed by atoms with van der Waals surface area (Å²) in [4.78, 5) is 30.2. The predicted molar refractivity (Wildman–Crippen MR) is 117 cm³/mol. The highest BCUT2D eigenvalue weighted by molar-refractivity contribution is 5.80. The van der Waals surface area contributed by atoms with Gasteiger partial charge in [0.25, 0.3) is 0 Å². The number of methoxy groups -OCH3 is 2. The smallest absolute Gasteiger partial charge is 0.226 e. The van der Waals surface area contributed by atoms with Gasteiger partial charge < -0.3 is 24.0 Å². The molecule has 1 saturated heterocycles. The molecule has 9 nitrogen and oxygen atoms in total. The Morgan fingerprint density at radius 2 is 1.97 bits per heavy atom. The van der Waals surface area contributed by atoms with E-state index >= 15 is 0 Å². The van der Waals surface area contributed by atoms with Crippen LogP contribution in [-0.2, 0) is 22.5 Å². The summed E-state index contributed by atoms with van der Waals surface area (Å²) >= 11 is 0. The number of likely N-dealkylation sites (tertiary alicyclic amines) is 1. The Hall–Kier alpha value is -2.94. The van der Waals surface area contributed by atoms with Gasteiger partial charge in [-0.2, -0.15) is 0 Å². The monoisotopic (exact) mass is 439 g/mol. The van der Waals surface area contributed by atoms with Crippen LogP contribution < -0.4 is 14.4 Å². The molecule has 1 unspecified atom stereocenters. The van der Waals surface area contributed by atoms with Crippen molar-refractivity contribution in [3.63, 3.8) is 0 Å². The second-order valence-electron chi connectivity index (χ2n) is 8.67. The highest BCUT2D eigenvalue weighted by Gasteiger charge is 2.39. The van der Waals surface area contributed by atoms with Crippen LogP contribution in [0, 0.1) is 5.92 Å². The second kappa shape index (κ2) is 8.90. The van der Waals surface area contributed by atoms with Crippen LogP contribution in [0.15, 0.2) is 24.7 Å². The number of amides is 1. The zero-order chi connectivity index (χ0) is 22.1. The SMILES string of the molecule is COc1ccc(N2CCc3ncnc(OC4CCN(C(=O)C5CC(OC)C5)C4)c3C2)cn1. The predicted octanol–water partition coefficient (Wildman–Crippen LogP) is 1.85. The molecule has 0 spiro atoms. The molecule has 3 aliphatic rings. The van der Waals surface area contributed by atoms with Crippen LogP contribution in [0.2, 0.25) is 0 Å². The number of fused-ring (bicyclic) bond motifs is 1. The van der Waals surface area contributed by atoms with Gasteiger partial charge in [0, 0.05) is 45.0 Å². The number of carbonyl (C=O) groups excluding carboxylic acids is 1. The number of ether oxygens (including phenoxy) is 3. The van der Waals surface area contributed by atoms with E-state index in [9.17, 15) is 4.79 Å². The molecular weight excluding hydrogens is 410 g/mol. The lowest BCUT2D eigenvalue weighted by Crippen LogP contribution is -2.44. The first kappa shape index (κ1) is 20.9. The van der Waals surface area contributed by atoms with E-state index in [0.29, 0.717) is 24.8 Å². The molecule has 1 aliphatic carbocycles. The lowest BCUT2D eigenvalue weighted by atomic mass is 9.81. The second-order valence-corrected chi connectivity index (χ2v) is 8.67. The number of hydrogen-bond donors (Lipinski definition) is 0. The van der Waals surface area contributed by atoms with Crippen LogP contribution >= 0.6 is 0 Å². The molecule has 1 amide bonds. The third kappa shape index (κ3) is 4.09. The molecule has 1 saturated carbocycles. The molecular formula is C23H29N5O4. The molecule has 0 N–H and O–H groups in total. The third-order valence-electron chi connectivity index (χ3n) is 6.77. The highest BCUT2D eigenvalue weighted by Crippen LogP contribution is 2.33. The van der Waals surface area contributed by atoms with Gasteiger partial charge in [-0.1, -0.05) is 0 Å². The summed E-state index contributed by atoms with van der Waals surface area (Å²) in [7, 11) is 3.32. The van der Waals surface area contributed by atoms with E-state index in [1.54, 1.807) is 20.5 Å². The molecule has 2 fully saturated rings. The normalized spacial score (nSPS) is 24.6. The van der Waals surface area contributed by atoms with Crippen LogP contribution in [0.25, 0.3) is 0 Å². The van der Waals surface area contributed by atoms with Gasteiger partial charge in [0.05, 0.1) is 49.4 Å². The fourth-order valence-electron chi connectivity index (χ4n) is 4.72. The number of hydrogen-bond acceptors (Lipinski definition) is 8. The van der Waals surface area contributed by atoms with Crippen molar-refractivity contribution in [2.75, 3.05) is 38.8 Å². The lowest BCUT2D eigenvalue weighted by Gasteiger charge is -2.35. The zero-order valence-electron chi connectivity index (χ0n) is 18.6. The first-order chi connectivity index (χ1) is 15.6. The fraction of sp³-hybridized carbons (Fsp3) is 0.565. The van der Waals surface area contributed by atoms with Gasteiger partial charge in [0.1, 0.15) is 12.4 Å². The molecule has 0 radical (unpaired) electrons. The number of rotatable bonds is 6. The summed E-state index contributed by atoms with van der Waals surface area (Å²) in [5.74, 6) is 1.55. The largest absolute Gasteiger partial charge is 0.481 e. The Morgan fingerprint density at radius 3 is 2.72 bits per heavy atom. The van der Waals surface area contributed by atoms with Crippen molar-refractivity contribution in [1.82, 2.24) is 19.9 Å². The van der Waals surface area contributed by atoms with Gasteiger partial charge in [-0.3, -0.25) is 4.79 Å². The number of pyridine rings is 1. The minimum atomic E-state index is -0.0470. The van der Waals surface area contributed by atoms with Gasteiger partial charge in [0.15, 0.2) is 0 Å². The van der Waals surface area contributed by atoms with E-state index in [2.05, 4.69) is 19.9 Å². The van der Waals surface area contributed by atoms with Crippen molar-refractivity contribution in [3.8, 4) is 11.8 Å². The first-order valence-electron chi connectivity index (χ1n) is 11.2. The summed E-state index contributed by atoms with van der Waals surface area (Å²) in [5, 5.41) is 0. The summed E-state index contributed by atoms with van der Waals surface area (Å²) in [6.07, 6.45) is 6.87.